The van der Waals surface area contributed by atoms with Gasteiger partial charge in [0.05, 0.1) is 6.61 Å². The monoisotopic (exact) mass is 411 g/mol. The van der Waals surface area contributed by atoms with Crippen LogP contribution in [0.1, 0.15) is 37.7 Å². The predicted molar refractivity (Wildman–Crippen MR) is 110 cm³/mol. The molecular weight excluding hydrogens is 385 g/mol. The fourth-order valence-corrected chi connectivity index (χ4v) is 4.55. The van der Waals surface area contributed by atoms with Crippen LogP contribution in [0.15, 0.2) is 48.5 Å². The Balaban J connectivity index is 1.13. The zero-order valence-electron chi connectivity index (χ0n) is 17.1. The van der Waals surface area contributed by atoms with E-state index in [0.717, 1.165) is 5.56 Å². The van der Waals surface area contributed by atoms with Gasteiger partial charge in [-0.3, -0.25) is 9.59 Å². The molecule has 1 N–H and O–H groups in total. The number of hydrogen-bond donors (Lipinski definition) is 1. The molecule has 3 saturated carbocycles. The number of amides is 1. The Hall–Kier alpha value is -2.89. The van der Waals surface area contributed by atoms with Crippen LogP contribution < -0.4 is 14.8 Å². The van der Waals surface area contributed by atoms with Gasteiger partial charge in [0.15, 0.2) is 6.61 Å². The standard InChI is InChI=1S/C24H26FNO4/c1-17-4-8-20(9-5-17)30-13-22(28)26-24-14-23(15-24,16-24)21(27)3-2-12-29-19-10-6-18(25)7-11-19/h4-11H,2-3,12-16H2,1H3,(H,26,28). The van der Waals surface area contributed by atoms with Crippen LogP contribution in [0.5, 0.6) is 11.5 Å². The maximum Gasteiger partial charge on any atom is 0.258 e. The molecule has 1 amide bonds. The largest absolute Gasteiger partial charge is 0.494 e. The number of carbonyl (C=O) groups excluding carboxylic acids is 2. The average molecular weight is 411 g/mol. The summed E-state index contributed by atoms with van der Waals surface area (Å²) >= 11 is 0. The smallest absolute Gasteiger partial charge is 0.258 e. The van der Waals surface area contributed by atoms with Crippen LogP contribution in [0.4, 0.5) is 4.39 Å². The molecule has 5 nitrogen and oxygen atoms in total. The molecule has 0 radical (unpaired) electrons. The van der Waals surface area contributed by atoms with E-state index in [4.69, 9.17) is 9.47 Å². The second kappa shape index (κ2) is 8.09. The van der Waals surface area contributed by atoms with E-state index in [1.165, 1.54) is 12.1 Å². The summed E-state index contributed by atoms with van der Waals surface area (Å²) in [6, 6.07) is 13.4. The van der Waals surface area contributed by atoms with Crippen molar-refractivity contribution >= 4 is 11.7 Å². The van der Waals surface area contributed by atoms with Gasteiger partial charge in [-0.2, -0.15) is 0 Å². The van der Waals surface area contributed by atoms with Crippen LogP contribution in [0.2, 0.25) is 0 Å². The highest BCUT2D eigenvalue weighted by Gasteiger charge is 2.71. The first kappa shape index (κ1) is 20.4. The summed E-state index contributed by atoms with van der Waals surface area (Å²) in [6.45, 7) is 2.40. The van der Waals surface area contributed by atoms with Gasteiger partial charge in [0, 0.05) is 17.4 Å². The van der Waals surface area contributed by atoms with Gasteiger partial charge in [-0.05, 0) is 69.0 Å². The number of halogens is 1. The molecule has 2 aromatic carbocycles. The minimum atomic E-state index is -0.302. The van der Waals surface area contributed by atoms with Crippen LogP contribution in [-0.2, 0) is 9.59 Å². The lowest BCUT2D eigenvalue weighted by Crippen LogP contribution is -2.77. The molecule has 0 spiro atoms. The summed E-state index contributed by atoms with van der Waals surface area (Å²) in [7, 11) is 0. The quantitative estimate of drug-likeness (QED) is 0.601. The Bertz CT molecular complexity index is 903. The predicted octanol–water partition coefficient (Wildman–Crippen LogP) is 3.98. The van der Waals surface area contributed by atoms with Crippen LogP contribution in [-0.4, -0.2) is 30.4 Å². The van der Waals surface area contributed by atoms with E-state index in [1.807, 2.05) is 31.2 Å². The number of Topliss-reactive ketones (excluding diaryl/α,β-unsaturated/α-hetero) is 1. The van der Waals surface area contributed by atoms with Gasteiger partial charge in [-0.25, -0.2) is 4.39 Å². The number of nitrogens with one attached hydrogen (secondary N) is 1. The van der Waals surface area contributed by atoms with Gasteiger partial charge >= 0.3 is 0 Å². The zero-order valence-corrected chi connectivity index (χ0v) is 17.1. The van der Waals surface area contributed by atoms with Gasteiger partial charge < -0.3 is 14.8 Å². The maximum atomic E-state index is 12.9. The average Bonchev–Trinajstić information content (AvgIpc) is 2.67. The zero-order chi connectivity index (χ0) is 21.2. The van der Waals surface area contributed by atoms with E-state index in [2.05, 4.69) is 5.32 Å². The SMILES string of the molecule is Cc1ccc(OCC(=O)NC23CC(C(=O)CCCOc4ccc(F)cc4)(C2)C3)cc1. The molecule has 3 aliphatic carbocycles. The van der Waals surface area contributed by atoms with E-state index in [-0.39, 0.29) is 35.1 Å². The highest BCUT2D eigenvalue weighted by Crippen LogP contribution is 2.68. The number of ether oxygens (including phenoxy) is 2. The molecule has 3 aliphatic rings. The molecule has 158 valence electrons. The number of rotatable bonds is 10. The Morgan fingerprint density at radius 2 is 1.57 bits per heavy atom. The van der Waals surface area contributed by atoms with E-state index < -0.39 is 0 Å². The van der Waals surface area contributed by atoms with Crippen molar-refractivity contribution in [3.63, 3.8) is 0 Å². The molecule has 0 saturated heterocycles. The Kier molecular flexibility index (Phi) is 5.50. The number of benzene rings is 2. The number of aryl methyl sites for hydroxylation is 1. The lowest BCUT2D eigenvalue weighted by molar-refractivity contribution is -0.182. The van der Waals surface area contributed by atoms with Crippen LogP contribution in [0.3, 0.4) is 0 Å². The number of hydrogen-bond acceptors (Lipinski definition) is 4. The minimum Gasteiger partial charge on any atom is -0.494 e. The molecule has 0 unspecified atom stereocenters. The van der Waals surface area contributed by atoms with Crippen molar-refractivity contribution in [2.24, 2.45) is 5.41 Å². The van der Waals surface area contributed by atoms with Gasteiger partial charge in [-0.1, -0.05) is 17.7 Å². The molecule has 5 rings (SSSR count). The third kappa shape index (κ3) is 4.32. The Morgan fingerprint density at radius 1 is 0.967 bits per heavy atom. The van der Waals surface area contributed by atoms with Crippen molar-refractivity contribution in [2.45, 2.75) is 44.6 Å². The first-order valence-corrected chi connectivity index (χ1v) is 10.3. The summed E-state index contributed by atoms with van der Waals surface area (Å²) in [5.74, 6) is 1.07. The molecular formula is C24H26FNO4. The number of carbonyl (C=O) groups is 2. The molecule has 2 bridgehead atoms. The van der Waals surface area contributed by atoms with Gasteiger partial charge in [-0.15, -0.1) is 0 Å². The molecule has 6 heteroatoms. The number of ketones is 1. The third-order valence-electron chi connectivity index (χ3n) is 6.05. The van der Waals surface area contributed by atoms with Crippen LogP contribution in [0.25, 0.3) is 0 Å². The normalized spacial score (nSPS) is 23.7. The van der Waals surface area contributed by atoms with E-state index >= 15 is 0 Å². The van der Waals surface area contributed by atoms with Crippen LogP contribution >= 0.6 is 0 Å². The van der Waals surface area contributed by atoms with Crippen molar-refractivity contribution < 1.29 is 23.5 Å². The molecule has 0 heterocycles. The molecule has 0 atom stereocenters. The fraction of sp³-hybridized carbons (Fsp3) is 0.417. The first-order valence-electron chi connectivity index (χ1n) is 10.3. The van der Waals surface area contributed by atoms with Crippen molar-refractivity contribution in [3.05, 3.63) is 59.9 Å². The molecule has 3 fully saturated rings. The lowest BCUT2D eigenvalue weighted by atomic mass is 9.37. The van der Waals surface area contributed by atoms with Gasteiger partial charge in [0.25, 0.3) is 5.91 Å². The molecule has 0 aliphatic heterocycles. The van der Waals surface area contributed by atoms with Gasteiger partial charge in [0.1, 0.15) is 23.1 Å². The van der Waals surface area contributed by atoms with Crippen molar-refractivity contribution in [1.29, 1.82) is 0 Å². The lowest BCUT2D eigenvalue weighted by Gasteiger charge is -2.69. The topological polar surface area (TPSA) is 64.6 Å². The summed E-state index contributed by atoms with van der Waals surface area (Å²) in [5.41, 5.74) is 0.646. The van der Waals surface area contributed by atoms with Crippen LogP contribution in [0, 0.1) is 18.2 Å². The summed E-state index contributed by atoms with van der Waals surface area (Å²) in [4.78, 5) is 24.8. The highest BCUT2D eigenvalue weighted by atomic mass is 19.1. The maximum absolute atomic E-state index is 12.9. The van der Waals surface area contributed by atoms with E-state index in [9.17, 15) is 14.0 Å². The van der Waals surface area contributed by atoms with Crippen molar-refractivity contribution in [3.8, 4) is 11.5 Å². The van der Waals surface area contributed by atoms with Crippen molar-refractivity contribution in [2.75, 3.05) is 13.2 Å². The highest BCUT2D eigenvalue weighted by molar-refractivity contribution is 5.90. The first-order chi connectivity index (χ1) is 14.4. The van der Waals surface area contributed by atoms with E-state index in [0.29, 0.717) is 50.2 Å². The molecule has 30 heavy (non-hydrogen) atoms. The summed E-state index contributed by atoms with van der Waals surface area (Å²) in [6.07, 6.45) is 3.24. The second-order valence-electron chi connectivity index (χ2n) is 8.57. The minimum absolute atomic E-state index is 0.0213. The van der Waals surface area contributed by atoms with Gasteiger partial charge in [0.2, 0.25) is 0 Å². The third-order valence-corrected chi connectivity index (χ3v) is 6.05. The molecule has 0 aromatic heterocycles. The van der Waals surface area contributed by atoms with E-state index in [1.54, 1.807) is 12.1 Å². The van der Waals surface area contributed by atoms with Crippen molar-refractivity contribution in [1.82, 2.24) is 5.32 Å². The summed E-state index contributed by atoms with van der Waals surface area (Å²) in [5, 5.41) is 3.04. The Labute approximate surface area is 175 Å². The Morgan fingerprint density at radius 3 is 2.23 bits per heavy atom. The summed E-state index contributed by atoms with van der Waals surface area (Å²) < 4.78 is 23.9. The molecule has 2 aromatic rings. The fourth-order valence-electron chi connectivity index (χ4n) is 4.55. The second-order valence-corrected chi connectivity index (χ2v) is 8.57.